The van der Waals surface area contributed by atoms with Crippen LogP contribution in [0.15, 0.2) is 30.3 Å². The van der Waals surface area contributed by atoms with Gasteiger partial charge in [0.2, 0.25) is 0 Å². The minimum atomic E-state index is -0.332. The fourth-order valence-electron chi connectivity index (χ4n) is 5.44. The molecule has 3 aliphatic rings. The summed E-state index contributed by atoms with van der Waals surface area (Å²) in [5, 5.41) is 12.6. The third-order valence-corrected chi connectivity index (χ3v) is 7.15. The molecule has 3 unspecified atom stereocenters. The topological polar surface area (TPSA) is 50.3 Å². The molecular formula is C23H28ClFN4O. The Morgan fingerprint density at radius 1 is 1.13 bits per heavy atom. The van der Waals surface area contributed by atoms with Crippen LogP contribution in [0.3, 0.4) is 0 Å². The lowest BCUT2D eigenvalue weighted by Crippen LogP contribution is -2.33. The van der Waals surface area contributed by atoms with Crippen LogP contribution in [0.1, 0.15) is 25.7 Å². The molecule has 0 spiro atoms. The zero-order valence-electron chi connectivity index (χ0n) is 17.1. The largest absolute Gasteiger partial charge is 0.381 e. The Kier molecular flexibility index (Phi) is 5.89. The van der Waals surface area contributed by atoms with Gasteiger partial charge in [-0.1, -0.05) is 11.6 Å². The van der Waals surface area contributed by atoms with Crippen LogP contribution >= 0.6 is 11.6 Å². The van der Waals surface area contributed by atoms with Gasteiger partial charge in [-0.3, -0.25) is 0 Å². The summed E-state index contributed by atoms with van der Waals surface area (Å²) in [6.07, 6.45) is 4.89. The van der Waals surface area contributed by atoms with E-state index < -0.39 is 0 Å². The van der Waals surface area contributed by atoms with Gasteiger partial charge in [-0.05, 0) is 73.8 Å². The Hall–Kier alpha value is -1.76. The molecule has 3 atom stereocenters. The molecule has 1 saturated carbocycles. The van der Waals surface area contributed by atoms with Crippen LogP contribution in [0.5, 0.6) is 0 Å². The Morgan fingerprint density at radius 3 is 2.67 bits per heavy atom. The van der Waals surface area contributed by atoms with Crippen LogP contribution in [0.25, 0.3) is 11.3 Å². The molecule has 1 aliphatic carbocycles. The molecule has 1 N–H and O–H groups in total. The van der Waals surface area contributed by atoms with Gasteiger partial charge in [-0.2, -0.15) is 0 Å². The molecule has 2 aliphatic heterocycles. The average Bonchev–Trinajstić information content (AvgIpc) is 3.29. The van der Waals surface area contributed by atoms with Gasteiger partial charge in [0.1, 0.15) is 11.6 Å². The van der Waals surface area contributed by atoms with Crippen molar-refractivity contribution in [2.45, 2.75) is 31.7 Å². The SMILES string of the molecule is Fc1ccc(Cl)c(-c2ccc(NC3CC4CN(CC5CCCOC5)CC4C3)nn2)c1. The van der Waals surface area contributed by atoms with Crippen molar-refractivity contribution in [3.8, 4) is 11.3 Å². The van der Waals surface area contributed by atoms with E-state index in [0.29, 0.717) is 28.2 Å². The number of halogens is 2. The molecule has 2 aromatic rings. The number of hydrogen-bond donors (Lipinski definition) is 1. The van der Waals surface area contributed by atoms with Crippen LogP contribution < -0.4 is 5.32 Å². The van der Waals surface area contributed by atoms with Gasteiger partial charge in [0.25, 0.3) is 0 Å². The molecule has 1 aromatic heterocycles. The highest BCUT2D eigenvalue weighted by molar-refractivity contribution is 6.33. The summed E-state index contributed by atoms with van der Waals surface area (Å²) in [7, 11) is 0. The number of ether oxygens (including phenoxy) is 1. The van der Waals surface area contributed by atoms with E-state index in [1.807, 2.05) is 12.1 Å². The van der Waals surface area contributed by atoms with Gasteiger partial charge in [-0.15, -0.1) is 10.2 Å². The van der Waals surface area contributed by atoms with Crippen LogP contribution in [0.2, 0.25) is 5.02 Å². The summed E-state index contributed by atoms with van der Waals surface area (Å²) < 4.78 is 19.2. The highest BCUT2D eigenvalue weighted by atomic mass is 35.5. The first kappa shape index (κ1) is 20.2. The zero-order valence-corrected chi connectivity index (χ0v) is 17.8. The smallest absolute Gasteiger partial charge is 0.148 e. The molecule has 5 rings (SSSR count). The summed E-state index contributed by atoms with van der Waals surface area (Å²) in [4.78, 5) is 2.65. The molecule has 0 amide bonds. The number of anilines is 1. The van der Waals surface area contributed by atoms with Crippen LogP contribution in [0.4, 0.5) is 10.2 Å². The standard InChI is InChI=1S/C23H28ClFN4O/c24-21-4-3-18(25)10-20(21)22-5-6-23(28-27-22)26-19-8-16-12-29(13-17(16)9-19)11-15-2-1-7-30-14-15/h3-6,10,15-17,19H,1-2,7-9,11-14H2,(H,26,28). The maximum atomic E-state index is 13.5. The van der Waals surface area contributed by atoms with E-state index in [-0.39, 0.29) is 5.82 Å². The number of hydrogen-bond acceptors (Lipinski definition) is 5. The summed E-state index contributed by atoms with van der Waals surface area (Å²) in [6.45, 7) is 5.49. The number of fused-ring (bicyclic) bond motifs is 1. The third kappa shape index (κ3) is 4.46. The molecule has 0 radical (unpaired) electrons. The molecule has 160 valence electrons. The summed E-state index contributed by atoms with van der Waals surface area (Å²) in [6, 6.07) is 8.48. The average molecular weight is 431 g/mol. The first-order valence-electron chi connectivity index (χ1n) is 11.0. The van der Waals surface area contributed by atoms with E-state index in [9.17, 15) is 4.39 Å². The number of nitrogens with zero attached hydrogens (tertiary/aromatic N) is 3. The minimum Gasteiger partial charge on any atom is -0.381 e. The molecule has 2 saturated heterocycles. The Morgan fingerprint density at radius 2 is 1.97 bits per heavy atom. The molecular weight excluding hydrogens is 403 g/mol. The van der Waals surface area contributed by atoms with E-state index in [1.165, 1.54) is 57.5 Å². The summed E-state index contributed by atoms with van der Waals surface area (Å²) in [5.74, 6) is 2.69. The number of rotatable bonds is 5. The number of nitrogens with one attached hydrogen (secondary N) is 1. The lowest BCUT2D eigenvalue weighted by atomic mass is 10.0. The first-order chi connectivity index (χ1) is 14.6. The molecule has 0 bridgehead atoms. The highest BCUT2D eigenvalue weighted by Crippen LogP contribution is 2.39. The number of likely N-dealkylation sites (tertiary alicyclic amines) is 1. The van der Waals surface area contributed by atoms with Gasteiger partial charge < -0.3 is 15.0 Å². The van der Waals surface area contributed by atoms with Gasteiger partial charge in [0, 0.05) is 37.8 Å². The van der Waals surface area contributed by atoms with Crippen molar-refractivity contribution in [2.75, 3.05) is 38.2 Å². The van der Waals surface area contributed by atoms with Crippen LogP contribution in [0, 0.1) is 23.6 Å². The van der Waals surface area contributed by atoms with E-state index in [2.05, 4.69) is 20.4 Å². The van der Waals surface area contributed by atoms with Crippen molar-refractivity contribution in [3.05, 3.63) is 41.2 Å². The Labute approximate surface area is 182 Å². The highest BCUT2D eigenvalue weighted by Gasteiger charge is 2.41. The quantitative estimate of drug-likeness (QED) is 0.757. The third-order valence-electron chi connectivity index (χ3n) is 6.82. The van der Waals surface area contributed by atoms with Gasteiger partial charge in [0.05, 0.1) is 17.3 Å². The first-order valence-corrected chi connectivity index (χ1v) is 11.4. The predicted octanol–water partition coefficient (Wildman–Crippen LogP) is 4.49. The molecule has 3 fully saturated rings. The molecule has 7 heteroatoms. The summed E-state index contributed by atoms with van der Waals surface area (Å²) >= 11 is 6.17. The van der Waals surface area contributed by atoms with Gasteiger partial charge in [-0.25, -0.2) is 4.39 Å². The maximum absolute atomic E-state index is 13.5. The van der Waals surface area contributed by atoms with Crippen molar-refractivity contribution in [1.82, 2.24) is 15.1 Å². The van der Waals surface area contributed by atoms with Crippen molar-refractivity contribution in [2.24, 2.45) is 17.8 Å². The number of benzene rings is 1. The molecule has 30 heavy (non-hydrogen) atoms. The lowest BCUT2D eigenvalue weighted by Gasteiger charge is -2.27. The molecule has 1 aromatic carbocycles. The number of aromatic nitrogens is 2. The van der Waals surface area contributed by atoms with Gasteiger partial charge in [0.15, 0.2) is 0 Å². The van der Waals surface area contributed by atoms with Gasteiger partial charge >= 0.3 is 0 Å². The van der Waals surface area contributed by atoms with E-state index in [0.717, 1.165) is 30.9 Å². The second kappa shape index (κ2) is 8.77. The second-order valence-corrected chi connectivity index (χ2v) is 9.47. The predicted molar refractivity (Wildman–Crippen MR) is 116 cm³/mol. The second-order valence-electron chi connectivity index (χ2n) is 9.06. The molecule has 3 heterocycles. The lowest BCUT2D eigenvalue weighted by molar-refractivity contribution is 0.0407. The van der Waals surface area contributed by atoms with Crippen molar-refractivity contribution >= 4 is 17.4 Å². The van der Waals surface area contributed by atoms with Crippen molar-refractivity contribution in [1.29, 1.82) is 0 Å². The van der Waals surface area contributed by atoms with Crippen LogP contribution in [-0.4, -0.2) is 54.0 Å². The minimum absolute atomic E-state index is 0.332. The molecule has 5 nitrogen and oxygen atoms in total. The van der Waals surface area contributed by atoms with Crippen molar-refractivity contribution in [3.63, 3.8) is 0 Å². The Bertz CT molecular complexity index is 860. The zero-order chi connectivity index (χ0) is 20.5. The summed E-state index contributed by atoms with van der Waals surface area (Å²) in [5.41, 5.74) is 1.14. The monoisotopic (exact) mass is 430 g/mol. The van der Waals surface area contributed by atoms with Crippen molar-refractivity contribution < 1.29 is 9.13 Å². The normalized spacial score (nSPS) is 29.1. The Balaban J connectivity index is 1.14. The fourth-order valence-corrected chi connectivity index (χ4v) is 5.65. The van der Waals surface area contributed by atoms with Crippen LogP contribution in [-0.2, 0) is 4.74 Å². The fraction of sp³-hybridized carbons (Fsp3) is 0.565. The van der Waals surface area contributed by atoms with E-state index in [1.54, 1.807) is 6.07 Å². The van der Waals surface area contributed by atoms with E-state index >= 15 is 0 Å². The van der Waals surface area contributed by atoms with E-state index in [4.69, 9.17) is 16.3 Å². The maximum Gasteiger partial charge on any atom is 0.148 e.